The van der Waals surface area contributed by atoms with E-state index in [1.807, 2.05) is 277 Å². The Morgan fingerprint density at radius 2 is 0.390 bits per heavy atom. The van der Waals surface area contributed by atoms with Crippen molar-refractivity contribution in [1.29, 1.82) is 0 Å². The second-order valence-electron chi connectivity index (χ2n) is 15.0. The Balaban J connectivity index is -0.0000000267. The van der Waals surface area contributed by atoms with Gasteiger partial charge in [0.05, 0.1) is 0 Å². The Kier molecular flexibility index (Phi) is 263. The molecule has 4 rings (SSSR count). The van der Waals surface area contributed by atoms with Crippen molar-refractivity contribution in [2.24, 2.45) is 70.0 Å². The first-order valence-electron chi connectivity index (χ1n) is 36.5. The van der Waals surface area contributed by atoms with Gasteiger partial charge in [0.15, 0.2) is 0 Å². The summed E-state index contributed by atoms with van der Waals surface area (Å²) in [6.07, 6.45) is 17.4. The average Bonchev–Trinajstić information content (AvgIpc) is 3.83. The molecule has 4 aliphatic carbocycles. The maximum atomic E-state index is 4.32. The minimum Gasteiger partial charge on any atom is -0.340 e. The molecule has 497 valence electrons. The summed E-state index contributed by atoms with van der Waals surface area (Å²) in [5.74, 6) is 8.51. The standard InChI is InChI=1S/2C14H26.C8H16.20C2H6.Y/c1-10-6-5-7-11(2)14(10)12(3)8-9-13(14)4;1-10(2)14(11(3)4)12(5)8-7-9-13(14)6;1-7-4-3-5-8(2)6-7;20*1-2;/h10-13H,5-9H2,1-4H3;10-13H,1,3,7-9H2,2,4-6H3;7-8H,3-6H2,1-2H3;20*1-2H3;/q;-2;;;;;;;;;;;;;;;;;;;;;;/t2*10-,11+,12-,13+,14?;7-,8+;;;;;;;;;;;;;;;;;;;;;. The smallest absolute Gasteiger partial charge is 0 e. The Morgan fingerprint density at radius 1 is 0.247 bits per heavy atom. The zero-order chi connectivity index (χ0) is 67.3. The molecule has 1 heteroatoms. The molecule has 0 nitrogen and oxygen atoms in total. The normalized spacial score (nSPS) is 23.4. The largest absolute Gasteiger partial charge is 0.340 e. The number of rotatable bonds is 2. The van der Waals surface area contributed by atoms with E-state index in [-0.39, 0.29) is 32.7 Å². The summed E-state index contributed by atoms with van der Waals surface area (Å²) in [6, 6.07) is 0. The van der Waals surface area contributed by atoms with E-state index in [9.17, 15) is 0 Å². The molecule has 0 aromatic heterocycles. The monoisotopic (exact) mass is 1190 g/mol. The molecule has 0 aromatic rings. The summed E-state index contributed by atoms with van der Waals surface area (Å²) >= 11 is 0. The molecular formula is C76H188Y-2. The van der Waals surface area contributed by atoms with Crippen LogP contribution in [0.1, 0.15) is 423 Å². The molecule has 0 amide bonds. The van der Waals surface area contributed by atoms with E-state index in [1.54, 1.807) is 0 Å². The van der Waals surface area contributed by atoms with Gasteiger partial charge in [-0.15, -0.1) is 0 Å². The molecule has 4 fully saturated rings. The van der Waals surface area contributed by atoms with Gasteiger partial charge in [0.1, 0.15) is 0 Å². The van der Waals surface area contributed by atoms with Crippen LogP contribution in [0.15, 0.2) is 0 Å². The van der Waals surface area contributed by atoms with Crippen molar-refractivity contribution in [1.82, 2.24) is 0 Å². The van der Waals surface area contributed by atoms with E-state index < -0.39 is 0 Å². The summed E-state index contributed by atoms with van der Waals surface area (Å²) in [5.41, 5.74) is 1.08. The molecule has 0 N–H and O–H groups in total. The van der Waals surface area contributed by atoms with E-state index in [1.165, 1.54) is 77.0 Å². The quantitative estimate of drug-likeness (QED) is 0.242. The first-order valence-corrected chi connectivity index (χ1v) is 36.5. The molecule has 0 aliphatic heterocycles. The average molecular weight is 1190 g/mol. The maximum absolute atomic E-state index is 4.32. The molecular weight excluding hydrogens is 1000 g/mol. The van der Waals surface area contributed by atoms with E-state index in [0.29, 0.717) is 22.7 Å². The molecule has 0 saturated heterocycles. The van der Waals surface area contributed by atoms with E-state index in [2.05, 4.69) is 83.1 Å². The van der Waals surface area contributed by atoms with Gasteiger partial charge in [0, 0.05) is 32.7 Å². The van der Waals surface area contributed by atoms with E-state index in [4.69, 9.17) is 0 Å². The second kappa shape index (κ2) is 147. The predicted molar refractivity (Wildman–Crippen MR) is 390 cm³/mol. The summed E-state index contributed by atoms with van der Waals surface area (Å²) in [6.45, 7) is 113. The van der Waals surface area contributed by atoms with Crippen LogP contribution in [0.2, 0.25) is 0 Å². The van der Waals surface area contributed by atoms with Gasteiger partial charge in [-0.3, -0.25) is 0 Å². The maximum Gasteiger partial charge on any atom is 0 e. The van der Waals surface area contributed by atoms with Gasteiger partial charge >= 0.3 is 0 Å². The second-order valence-corrected chi connectivity index (χ2v) is 15.0. The summed E-state index contributed by atoms with van der Waals surface area (Å²) in [7, 11) is 0. The van der Waals surface area contributed by atoms with Crippen LogP contribution in [0.4, 0.5) is 0 Å². The van der Waals surface area contributed by atoms with Crippen molar-refractivity contribution < 1.29 is 32.7 Å². The summed E-state index contributed by atoms with van der Waals surface area (Å²) in [4.78, 5) is 0. The van der Waals surface area contributed by atoms with Gasteiger partial charge in [-0.05, 0) is 72.0 Å². The fraction of sp³-hybridized carbons (Fsp3) is 0.974. The van der Waals surface area contributed by atoms with Gasteiger partial charge in [0.25, 0.3) is 0 Å². The SMILES string of the molecule is CC.CC.CC.CC.CC.CC.CC.CC.CC.CC.CC.CC.CC.CC.CC.CC.CC.CC.CC.CC.C[C@@H]1CCC[C@H](C)C1.C[C@@H]1CCC[C@H](C)C12[C@H](C)CC[C@@H]2C.[CH2-][C@H](C)C1([C@@H]([CH2-])C)[C@H](C)CCC[C@@H]1C.[Y]. The third kappa shape index (κ3) is 75.1. The molecule has 77 heavy (non-hydrogen) atoms. The van der Waals surface area contributed by atoms with Gasteiger partial charge < -0.3 is 13.8 Å². The van der Waals surface area contributed by atoms with Crippen LogP contribution in [0.25, 0.3) is 0 Å². The van der Waals surface area contributed by atoms with E-state index >= 15 is 0 Å². The molecule has 1 spiro atoms. The zero-order valence-corrected chi connectivity index (χ0v) is 70.1. The van der Waals surface area contributed by atoms with Crippen molar-refractivity contribution in [2.75, 3.05) is 0 Å². The Hall–Kier alpha value is 1.10. The van der Waals surface area contributed by atoms with Crippen molar-refractivity contribution >= 4 is 0 Å². The van der Waals surface area contributed by atoms with Gasteiger partial charge in [-0.25, -0.2) is 0 Å². The van der Waals surface area contributed by atoms with Crippen LogP contribution >= 0.6 is 0 Å². The summed E-state index contributed by atoms with van der Waals surface area (Å²) < 4.78 is 0. The van der Waals surface area contributed by atoms with Crippen molar-refractivity contribution in [3.05, 3.63) is 13.8 Å². The van der Waals surface area contributed by atoms with Crippen molar-refractivity contribution in [3.8, 4) is 0 Å². The van der Waals surface area contributed by atoms with Gasteiger partial charge in [-0.1, -0.05) is 409 Å². The van der Waals surface area contributed by atoms with E-state index in [0.717, 1.165) is 47.3 Å². The Bertz CT molecular complexity index is 551. The summed E-state index contributed by atoms with van der Waals surface area (Å²) in [5, 5.41) is 0. The fourth-order valence-corrected chi connectivity index (χ4v) is 11.0. The molecule has 0 aromatic carbocycles. The molecule has 2 unspecified atom stereocenters. The molecule has 0 bridgehead atoms. The first kappa shape index (κ1) is 138. The Labute approximate surface area is 536 Å². The van der Waals surface area contributed by atoms with Crippen LogP contribution in [0.5, 0.6) is 0 Å². The molecule has 1 radical (unpaired) electrons. The van der Waals surface area contributed by atoms with Crippen LogP contribution in [0.3, 0.4) is 0 Å². The molecule has 0 heterocycles. The van der Waals surface area contributed by atoms with Crippen LogP contribution in [0, 0.1) is 83.9 Å². The minimum absolute atomic E-state index is 0. The number of hydrogen-bond acceptors (Lipinski definition) is 0. The fourth-order valence-electron chi connectivity index (χ4n) is 11.0. The zero-order valence-electron chi connectivity index (χ0n) is 67.3. The van der Waals surface area contributed by atoms with Gasteiger partial charge in [0.2, 0.25) is 0 Å². The predicted octanol–water partition coefficient (Wildman–Crippen LogP) is 32.2. The molecule has 4 aliphatic rings. The third-order valence-electron chi connectivity index (χ3n) is 12.6. The first-order chi connectivity index (χ1) is 36.8. The van der Waals surface area contributed by atoms with Crippen LogP contribution in [-0.4, -0.2) is 0 Å². The van der Waals surface area contributed by atoms with Crippen molar-refractivity contribution in [3.63, 3.8) is 0 Å². The molecule has 12 atom stereocenters. The topological polar surface area (TPSA) is 0 Å². The molecule has 4 saturated carbocycles. The van der Waals surface area contributed by atoms with Crippen molar-refractivity contribution in [2.45, 2.75) is 423 Å². The van der Waals surface area contributed by atoms with Gasteiger partial charge in [-0.2, -0.15) is 11.8 Å². The minimum atomic E-state index is 0. The Morgan fingerprint density at radius 3 is 0.519 bits per heavy atom. The van der Waals surface area contributed by atoms with Crippen LogP contribution < -0.4 is 0 Å². The third-order valence-corrected chi connectivity index (χ3v) is 12.6. The number of hydrogen-bond donors (Lipinski definition) is 0. The van der Waals surface area contributed by atoms with Crippen LogP contribution in [-0.2, 0) is 32.7 Å².